The molecule has 0 aliphatic carbocycles. The molecule has 1 aromatic rings. The predicted octanol–water partition coefficient (Wildman–Crippen LogP) is 0.960. The van der Waals surface area contributed by atoms with E-state index in [4.69, 9.17) is 0 Å². The molecule has 0 heterocycles. The van der Waals surface area contributed by atoms with E-state index < -0.39 is 16.0 Å². The van der Waals surface area contributed by atoms with Gasteiger partial charge in [-0.2, -0.15) is 0 Å². The van der Waals surface area contributed by atoms with Gasteiger partial charge in [0.2, 0.25) is 0 Å². The first-order chi connectivity index (χ1) is 7.86. The summed E-state index contributed by atoms with van der Waals surface area (Å²) < 4.78 is 30.0. The Balaban J connectivity index is 2.93. The van der Waals surface area contributed by atoms with E-state index in [9.17, 15) is 13.2 Å². The van der Waals surface area contributed by atoms with Crippen molar-refractivity contribution < 1.29 is 17.9 Å². The zero-order valence-electron chi connectivity index (χ0n) is 9.56. The molecule has 1 N–H and O–H groups in total. The number of ether oxygens (including phenoxy) is 1. The molecule has 0 amide bonds. The maximum Gasteiger partial charge on any atom is 0.354 e. The van der Waals surface area contributed by atoms with E-state index in [1.165, 1.54) is 12.1 Å². The molecule has 17 heavy (non-hydrogen) atoms. The summed E-state index contributed by atoms with van der Waals surface area (Å²) in [6.07, 6.45) is 0. The van der Waals surface area contributed by atoms with Crippen LogP contribution in [0.2, 0.25) is 0 Å². The molecule has 0 saturated carbocycles. The molecule has 1 rings (SSSR count). The fourth-order valence-electron chi connectivity index (χ4n) is 1.10. The van der Waals surface area contributed by atoms with Gasteiger partial charge in [0.25, 0.3) is 10.0 Å². The largest absolute Gasteiger partial charge is 0.464 e. The van der Waals surface area contributed by atoms with Crippen LogP contribution < -0.4 is 4.72 Å². The van der Waals surface area contributed by atoms with Crippen LogP contribution in [0.5, 0.6) is 0 Å². The van der Waals surface area contributed by atoms with Crippen molar-refractivity contribution in [3.05, 3.63) is 42.1 Å². The van der Waals surface area contributed by atoms with Crippen molar-refractivity contribution in [3.63, 3.8) is 0 Å². The first-order valence-corrected chi connectivity index (χ1v) is 6.22. The minimum Gasteiger partial charge on any atom is -0.464 e. The summed E-state index contributed by atoms with van der Waals surface area (Å²) in [5, 5.41) is 0. The molecule has 0 spiro atoms. The standard InChI is InChI=1S/C11H13NO4S/c1-8-4-6-10(7-5-8)17(14,15)12-9(2)11(13)16-3/h4-7,12H,2H2,1,3H3. The Bertz CT molecular complexity index is 531. The van der Waals surface area contributed by atoms with Crippen LogP contribution in [0, 0.1) is 6.92 Å². The monoisotopic (exact) mass is 255 g/mol. The van der Waals surface area contributed by atoms with E-state index >= 15 is 0 Å². The van der Waals surface area contributed by atoms with Crippen LogP contribution in [0.1, 0.15) is 5.56 Å². The van der Waals surface area contributed by atoms with Gasteiger partial charge in [-0.15, -0.1) is 0 Å². The third-order valence-corrected chi connectivity index (χ3v) is 3.43. The zero-order valence-corrected chi connectivity index (χ0v) is 10.4. The number of carbonyl (C=O) groups excluding carboxylic acids is 1. The highest BCUT2D eigenvalue weighted by Gasteiger charge is 2.18. The molecule has 1 aromatic carbocycles. The highest BCUT2D eigenvalue weighted by molar-refractivity contribution is 7.89. The molecule has 0 bridgehead atoms. The number of methoxy groups -OCH3 is 1. The van der Waals surface area contributed by atoms with Crippen molar-refractivity contribution in [1.29, 1.82) is 0 Å². The van der Waals surface area contributed by atoms with Crippen LogP contribution in [0.25, 0.3) is 0 Å². The second-order valence-corrected chi connectivity index (χ2v) is 5.07. The van der Waals surface area contributed by atoms with Crippen molar-refractivity contribution in [3.8, 4) is 0 Å². The fourth-order valence-corrected chi connectivity index (χ4v) is 2.12. The van der Waals surface area contributed by atoms with Crippen molar-refractivity contribution in [2.45, 2.75) is 11.8 Å². The molecule has 0 aliphatic rings. The maximum atomic E-state index is 11.8. The average Bonchev–Trinajstić information content (AvgIpc) is 2.27. The quantitative estimate of drug-likeness (QED) is 0.642. The lowest BCUT2D eigenvalue weighted by molar-refractivity contribution is -0.136. The normalized spacial score (nSPS) is 10.7. The topological polar surface area (TPSA) is 72.5 Å². The Morgan fingerprint density at radius 2 is 1.82 bits per heavy atom. The first-order valence-electron chi connectivity index (χ1n) is 4.73. The zero-order chi connectivity index (χ0) is 13.1. The third kappa shape index (κ3) is 3.32. The Morgan fingerprint density at radius 3 is 2.29 bits per heavy atom. The van der Waals surface area contributed by atoms with Gasteiger partial charge < -0.3 is 4.74 Å². The summed E-state index contributed by atoms with van der Waals surface area (Å²) in [7, 11) is -2.64. The molecule has 6 heteroatoms. The van der Waals surface area contributed by atoms with E-state index in [1.54, 1.807) is 12.1 Å². The van der Waals surface area contributed by atoms with Gasteiger partial charge in [0, 0.05) is 0 Å². The van der Waals surface area contributed by atoms with Crippen LogP contribution >= 0.6 is 0 Å². The fraction of sp³-hybridized carbons (Fsp3) is 0.182. The van der Waals surface area contributed by atoms with E-state index in [-0.39, 0.29) is 10.6 Å². The molecule has 0 radical (unpaired) electrons. The van der Waals surface area contributed by atoms with Gasteiger partial charge in [-0.25, -0.2) is 13.2 Å². The number of hydrogen-bond donors (Lipinski definition) is 1. The van der Waals surface area contributed by atoms with Crippen LogP contribution in [0.15, 0.2) is 41.4 Å². The summed E-state index contributed by atoms with van der Waals surface area (Å²) in [6.45, 7) is 5.13. The van der Waals surface area contributed by atoms with Crippen LogP contribution in [0.4, 0.5) is 0 Å². The lowest BCUT2D eigenvalue weighted by Gasteiger charge is -2.08. The van der Waals surface area contributed by atoms with Gasteiger partial charge in [0.1, 0.15) is 5.70 Å². The van der Waals surface area contributed by atoms with Crippen molar-refractivity contribution in [1.82, 2.24) is 4.72 Å². The van der Waals surface area contributed by atoms with Crippen LogP contribution in [0.3, 0.4) is 0 Å². The number of rotatable bonds is 4. The van der Waals surface area contributed by atoms with Gasteiger partial charge in [0.05, 0.1) is 12.0 Å². The minimum absolute atomic E-state index is 0.0631. The SMILES string of the molecule is C=C(NS(=O)(=O)c1ccc(C)cc1)C(=O)OC. The number of aryl methyl sites for hydroxylation is 1. The molecule has 0 unspecified atom stereocenters. The molecule has 5 nitrogen and oxygen atoms in total. The first kappa shape index (κ1) is 13.2. The molecule has 92 valence electrons. The Labute approximate surface area is 100 Å². The highest BCUT2D eigenvalue weighted by atomic mass is 32.2. The molecule has 0 aromatic heterocycles. The van der Waals surface area contributed by atoms with Crippen LogP contribution in [-0.2, 0) is 19.6 Å². The van der Waals surface area contributed by atoms with Crippen molar-refractivity contribution in [2.75, 3.05) is 7.11 Å². The molecule has 0 fully saturated rings. The number of sulfonamides is 1. The van der Waals surface area contributed by atoms with Gasteiger partial charge in [-0.1, -0.05) is 24.3 Å². The Kier molecular flexibility index (Phi) is 3.90. The molecule has 0 aliphatic heterocycles. The van der Waals surface area contributed by atoms with Gasteiger partial charge in [-0.05, 0) is 19.1 Å². The van der Waals surface area contributed by atoms with Gasteiger partial charge in [0.15, 0.2) is 0 Å². The number of benzene rings is 1. The lowest BCUT2D eigenvalue weighted by Crippen LogP contribution is -2.27. The summed E-state index contributed by atoms with van der Waals surface area (Å²) >= 11 is 0. The number of nitrogens with one attached hydrogen (secondary N) is 1. The van der Waals surface area contributed by atoms with E-state index in [2.05, 4.69) is 11.3 Å². The second kappa shape index (κ2) is 5.01. The number of carbonyl (C=O) groups is 1. The highest BCUT2D eigenvalue weighted by Crippen LogP contribution is 2.11. The average molecular weight is 255 g/mol. The molecular weight excluding hydrogens is 242 g/mol. The van der Waals surface area contributed by atoms with Crippen LogP contribution in [-0.4, -0.2) is 21.5 Å². The third-order valence-electron chi connectivity index (χ3n) is 2.02. The Hall–Kier alpha value is -1.82. The summed E-state index contributed by atoms with van der Waals surface area (Å²) in [5.41, 5.74) is 0.615. The van der Waals surface area contributed by atoms with E-state index in [1.807, 2.05) is 11.6 Å². The summed E-state index contributed by atoms with van der Waals surface area (Å²) in [5.74, 6) is -0.819. The minimum atomic E-state index is -3.78. The molecule has 0 atom stereocenters. The second-order valence-electron chi connectivity index (χ2n) is 3.39. The molecule has 0 saturated heterocycles. The smallest absolute Gasteiger partial charge is 0.354 e. The van der Waals surface area contributed by atoms with Gasteiger partial charge >= 0.3 is 5.97 Å². The lowest BCUT2D eigenvalue weighted by atomic mass is 10.2. The van der Waals surface area contributed by atoms with E-state index in [0.29, 0.717) is 0 Å². The maximum absolute atomic E-state index is 11.8. The van der Waals surface area contributed by atoms with Gasteiger partial charge in [-0.3, -0.25) is 4.72 Å². The number of esters is 1. The predicted molar refractivity (Wildman–Crippen MR) is 62.7 cm³/mol. The van der Waals surface area contributed by atoms with E-state index in [0.717, 1.165) is 12.7 Å². The summed E-state index contributed by atoms with van der Waals surface area (Å²) in [6, 6.07) is 6.22. The Morgan fingerprint density at radius 1 is 1.29 bits per heavy atom. The van der Waals surface area contributed by atoms with Crippen molar-refractivity contribution in [2.24, 2.45) is 0 Å². The van der Waals surface area contributed by atoms with Crippen molar-refractivity contribution >= 4 is 16.0 Å². The number of hydrogen-bond acceptors (Lipinski definition) is 4. The summed E-state index contributed by atoms with van der Waals surface area (Å²) in [4.78, 5) is 11.1. The molecular formula is C11H13NO4S.